The molecule has 2 N–H and O–H groups in total. The molecule has 1 aliphatic carbocycles. The third-order valence-corrected chi connectivity index (χ3v) is 7.08. The maximum Gasteiger partial charge on any atom is 0.184 e. The number of nitrogens with zero attached hydrogens (tertiary/aromatic N) is 4. The van der Waals surface area contributed by atoms with Crippen LogP contribution in [0.15, 0.2) is 36.5 Å². The van der Waals surface area contributed by atoms with E-state index in [4.69, 9.17) is 4.74 Å². The highest BCUT2D eigenvalue weighted by molar-refractivity contribution is 7.22. The predicted octanol–water partition coefficient (Wildman–Crippen LogP) is 5.22. The van der Waals surface area contributed by atoms with Crippen LogP contribution in [0.1, 0.15) is 37.1 Å². The van der Waals surface area contributed by atoms with Crippen molar-refractivity contribution in [3.63, 3.8) is 0 Å². The van der Waals surface area contributed by atoms with Gasteiger partial charge in [-0.1, -0.05) is 24.2 Å². The van der Waals surface area contributed by atoms with Gasteiger partial charge in [0.15, 0.2) is 5.13 Å². The average molecular weight is 450 g/mol. The predicted molar refractivity (Wildman–Crippen MR) is 127 cm³/mol. The molecule has 3 heterocycles. The van der Waals surface area contributed by atoms with Crippen LogP contribution in [0.3, 0.4) is 0 Å². The average Bonchev–Trinajstić information content (AvgIpc) is 3.28. The lowest BCUT2D eigenvalue weighted by Crippen LogP contribution is -2.36. The molecule has 1 fully saturated rings. The zero-order valence-electron chi connectivity index (χ0n) is 18.5. The highest BCUT2D eigenvalue weighted by Gasteiger charge is 2.23. The maximum atomic E-state index is 10.2. The lowest BCUT2D eigenvalue weighted by molar-refractivity contribution is 0.116. The summed E-state index contributed by atoms with van der Waals surface area (Å²) >= 11 is 1.59. The first-order valence-corrected chi connectivity index (χ1v) is 11.8. The van der Waals surface area contributed by atoms with Gasteiger partial charge in [-0.15, -0.1) is 0 Å². The molecule has 5 rings (SSSR count). The van der Waals surface area contributed by atoms with E-state index in [9.17, 15) is 5.11 Å². The van der Waals surface area contributed by atoms with Gasteiger partial charge in [-0.3, -0.25) is 9.67 Å². The summed E-state index contributed by atoms with van der Waals surface area (Å²) in [7, 11) is 1.94. The van der Waals surface area contributed by atoms with Crippen LogP contribution < -0.4 is 10.1 Å². The molecule has 0 spiro atoms. The van der Waals surface area contributed by atoms with Crippen LogP contribution in [-0.2, 0) is 7.05 Å². The molecule has 166 valence electrons. The lowest BCUT2D eigenvalue weighted by Gasteiger charge is -2.27. The smallest absolute Gasteiger partial charge is 0.184 e. The number of aliphatic hydroxyl groups is 1. The molecule has 1 aromatic carbocycles. The molecule has 0 amide bonds. The summed E-state index contributed by atoms with van der Waals surface area (Å²) in [5.41, 5.74) is 4.83. The van der Waals surface area contributed by atoms with Crippen molar-refractivity contribution in [3.8, 4) is 22.8 Å². The zero-order valence-corrected chi connectivity index (χ0v) is 19.3. The Hall–Kier alpha value is -2.97. The monoisotopic (exact) mass is 449 g/mol. The van der Waals surface area contributed by atoms with Gasteiger partial charge in [-0.25, -0.2) is 4.98 Å². The van der Waals surface area contributed by atoms with Crippen molar-refractivity contribution in [2.75, 3.05) is 5.32 Å². The van der Waals surface area contributed by atoms with Crippen LogP contribution in [0.2, 0.25) is 0 Å². The van der Waals surface area contributed by atoms with Gasteiger partial charge in [0.2, 0.25) is 0 Å². The number of rotatable bonds is 5. The molecule has 0 radical (unpaired) electrons. The van der Waals surface area contributed by atoms with Crippen LogP contribution in [0.5, 0.6) is 11.5 Å². The molecule has 8 heteroatoms. The second kappa shape index (κ2) is 8.52. The van der Waals surface area contributed by atoms with E-state index >= 15 is 0 Å². The molecule has 4 aromatic rings. The van der Waals surface area contributed by atoms with E-state index in [1.165, 1.54) is 0 Å². The Labute approximate surface area is 191 Å². The molecule has 32 heavy (non-hydrogen) atoms. The Morgan fingerprint density at radius 2 is 1.94 bits per heavy atom. The lowest BCUT2D eigenvalue weighted by atomic mass is 9.93. The number of nitrogens with one attached hydrogen (secondary N) is 1. The normalized spacial score (nSPS) is 18.8. The summed E-state index contributed by atoms with van der Waals surface area (Å²) in [5, 5.41) is 19.0. The minimum atomic E-state index is -0.303. The van der Waals surface area contributed by atoms with Crippen LogP contribution in [0.25, 0.3) is 21.5 Å². The number of fused-ring (bicyclic) bond motifs is 1. The number of aliphatic hydroxyl groups excluding tert-OH is 1. The number of hydrogen-bond donors (Lipinski definition) is 2. The van der Waals surface area contributed by atoms with Crippen molar-refractivity contribution in [2.45, 2.75) is 51.7 Å². The maximum absolute atomic E-state index is 10.2. The number of aryl methyl sites for hydroxylation is 2. The topological polar surface area (TPSA) is 85.1 Å². The third-order valence-electron chi connectivity index (χ3n) is 6.13. The minimum Gasteiger partial charge on any atom is -0.457 e. The van der Waals surface area contributed by atoms with Gasteiger partial charge in [0.1, 0.15) is 11.5 Å². The van der Waals surface area contributed by atoms with Crippen molar-refractivity contribution >= 4 is 26.7 Å². The summed E-state index contributed by atoms with van der Waals surface area (Å²) in [6.07, 6.45) is 5.53. The number of pyridine rings is 1. The van der Waals surface area contributed by atoms with Crippen LogP contribution >= 0.6 is 11.3 Å². The van der Waals surface area contributed by atoms with Crippen molar-refractivity contribution in [2.24, 2.45) is 7.05 Å². The quantitative estimate of drug-likeness (QED) is 0.435. The zero-order chi connectivity index (χ0) is 22.2. The SMILES string of the molecule is Cc1nn(C)c(C)c1-c1cc(Oc2ccc3nc(N[C@@H]4CCCC[C@H]4O)sc3c2)ccn1. The van der Waals surface area contributed by atoms with E-state index in [-0.39, 0.29) is 12.1 Å². The Balaban J connectivity index is 1.36. The molecule has 2 atom stereocenters. The Morgan fingerprint density at radius 3 is 2.72 bits per heavy atom. The number of anilines is 1. The number of benzene rings is 1. The van der Waals surface area contributed by atoms with Crippen LogP contribution in [0.4, 0.5) is 5.13 Å². The minimum absolute atomic E-state index is 0.0784. The molecule has 1 aliphatic rings. The van der Waals surface area contributed by atoms with Gasteiger partial charge in [0, 0.05) is 36.6 Å². The van der Waals surface area contributed by atoms with Crippen molar-refractivity contribution < 1.29 is 9.84 Å². The van der Waals surface area contributed by atoms with Crippen molar-refractivity contribution in [3.05, 3.63) is 47.9 Å². The number of ether oxygens (including phenoxy) is 1. The van der Waals surface area contributed by atoms with Crippen LogP contribution in [0, 0.1) is 13.8 Å². The third kappa shape index (κ3) is 4.08. The highest BCUT2D eigenvalue weighted by Crippen LogP contribution is 2.34. The molecule has 1 saturated carbocycles. The van der Waals surface area contributed by atoms with Gasteiger partial charge in [-0.05, 0) is 44.9 Å². The van der Waals surface area contributed by atoms with Gasteiger partial charge in [0.05, 0.1) is 33.8 Å². The molecule has 0 saturated heterocycles. The Bertz CT molecular complexity index is 1260. The molecule has 0 unspecified atom stereocenters. The first-order chi connectivity index (χ1) is 15.5. The van der Waals surface area contributed by atoms with E-state index in [1.54, 1.807) is 17.5 Å². The molecular formula is C24H27N5O2S. The van der Waals surface area contributed by atoms with Gasteiger partial charge >= 0.3 is 0 Å². The van der Waals surface area contributed by atoms with Crippen LogP contribution in [-0.4, -0.2) is 37.0 Å². The number of aromatic nitrogens is 4. The van der Waals surface area contributed by atoms with Crippen molar-refractivity contribution in [1.29, 1.82) is 0 Å². The summed E-state index contributed by atoms with van der Waals surface area (Å²) < 4.78 is 9.08. The van der Waals surface area contributed by atoms with Gasteiger partial charge in [0.25, 0.3) is 0 Å². The summed E-state index contributed by atoms with van der Waals surface area (Å²) in [5.74, 6) is 1.48. The number of hydrogen-bond acceptors (Lipinski definition) is 7. The molecular weight excluding hydrogens is 422 g/mol. The van der Waals surface area contributed by atoms with E-state index in [0.717, 1.165) is 75.2 Å². The first-order valence-electron chi connectivity index (χ1n) is 11.0. The summed E-state index contributed by atoms with van der Waals surface area (Å²) in [6, 6.07) is 9.80. The summed E-state index contributed by atoms with van der Waals surface area (Å²) in [4.78, 5) is 9.22. The van der Waals surface area contributed by atoms with Crippen molar-refractivity contribution in [1.82, 2.24) is 19.7 Å². The fourth-order valence-corrected chi connectivity index (χ4v) is 5.32. The fraction of sp³-hybridized carbons (Fsp3) is 0.375. The first kappa shape index (κ1) is 20.9. The Kier molecular flexibility index (Phi) is 5.57. The Morgan fingerprint density at radius 1 is 1.12 bits per heavy atom. The van der Waals surface area contributed by atoms with Gasteiger partial charge < -0.3 is 15.2 Å². The van der Waals surface area contributed by atoms with E-state index in [1.807, 2.05) is 55.9 Å². The van der Waals surface area contributed by atoms with E-state index in [0.29, 0.717) is 0 Å². The largest absolute Gasteiger partial charge is 0.457 e. The second-order valence-corrected chi connectivity index (χ2v) is 9.43. The molecule has 0 aliphatic heterocycles. The van der Waals surface area contributed by atoms with Gasteiger partial charge in [-0.2, -0.15) is 5.10 Å². The molecule has 7 nitrogen and oxygen atoms in total. The summed E-state index contributed by atoms with van der Waals surface area (Å²) in [6.45, 7) is 4.04. The van der Waals surface area contributed by atoms with E-state index in [2.05, 4.69) is 20.4 Å². The molecule has 3 aromatic heterocycles. The standard InChI is InChI=1S/C24H27N5O2S/c1-14-23(15(2)29(3)28-14)20-12-17(10-11-25-20)31-16-8-9-19-22(13-16)32-24(27-19)26-18-6-4-5-7-21(18)30/h8-13,18,21,30H,4-7H2,1-3H3,(H,26,27)/t18-,21-/m1/s1. The highest BCUT2D eigenvalue weighted by atomic mass is 32.1. The number of thiazole rings is 1. The van der Waals surface area contributed by atoms with E-state index < -0.39 is 0 Å². The molecule has 0 bridgehead atoms. The second-order valence-electron chi connectivity index (χ2n) is 8.40. The fourth-order valence-electron chi connectivity index (χ4n) is 4.36.